The Labute approximate surface area is 304 Å². The summed E-state index contributed by atoms with van der Waals surface area (Å²) in [6.45, 7) is 7.87. The number of para-hydroxylation sites is 1. The van der Waals surface area contributed by atoms with E-state index in [1.54, 1.807) is 30.0 Å². The molecular formula is C40H45N5O6Si. The van der Waals surface area contributed by atoms with Crippen LogP contribution in [0, 0.1) is 5.92 Å². The van der Waals surface area contributed by atoms with Crippen LogP contribution in [0.2, 0.25) is 18.6 Å². The van der Waals surface area contributed by atoms with Gasteiger partial charge in [0.15, 0.2) is 11.4 Å². The minimum Gasteiger partial charge on any atom is -0.497 e. The minimum absolute atomic E-state index is 0.0125. The van der Waals surface area contributed by atoms with Gasteiger partial charge in [-0.25, -0.2) is 0 Å². The zero-order valence-electron chi connectivity index (χ0n) is 30.2. The molecule has 52 heavy (non-hydrogen) atoms. The predicted octanol–water partition coefficient (Wildman–Crippen LogP) is 4.83. The molecule has 4 atom stereocenters. The number of ether oxygens (including phenoxy) is 3. The number of aliphatic hydroxyl groups is 1. The zero-order valence-corrected chi connectivity index (χ0v) is 31.2. The van der Waals surface area contributed by atoms with Gasteiger partial charge in [0, 0.05) is 49.1 Å². The summed E-state index contributed by atoms with van der Waals surface area (Å²) in [5, 5.41) is 19.2. The lowest BCUT2D eigenvalue weighted by Crippen LogP contribution is -2.51. The van der Waals surface area contributed by atoms with Gasteiger partial charge in [0.1, 0.15) is 5.75 Å². The van der Waals surface area contributed by atoms with Gasteiger partial charge in [-0.15, -0.1) is 5.10 Å². The van der Waals surface area contributed by atoms with Gasteiger partial charge in [0.05, 0.1) is 46.3 Å². The van der Waals surface area contributed by atoms with Crippen molar-refractivity contribution in [3.63, 3.8) is 0 Å². The van der Waals surface area contributed by atoms with Crippen molar-refractivity contribution in [3.05, 3.63) is 124 Å². The monoisotopic (exact) mass is 719 g/mol. The molecule has 0 radical (unpaired) electrons. The molecule has 11 nitrogen and oxygen atoms in total. The molecule has 3 aromatic carbocycles. The molecule has 4 heterocycles. The van der Waals surface area contributed by atoms with Crippen molar-refractivity contribution in [1.29, 1.82) is 0 Å². The molecule has 12 heteroatoms. The summed E-state index contributed by atoms with van der Waals surface area (Å²) in [6.07, 6.45) is 4.44. The van der Waals surface area contributed by atoms with Gasteiger partial charge in [-0.3, -0.25) is 18.8 Å². The fraction of sp³-hybridized carbons (Fsp3) is 0.350. The first kappa shape index (κ1) is 35.4. The van der Waals surface area contributed by atoms with E-state index < -0.39 is 13.7 Å². The highest BCUT2D eigenvalue weighted by molar-refractivity contribution is 6.91. The molecule has 0 bridgehead atoms. The van der Waals surface area contributed by atoms with Crippen molar-refractivity contribution >= 4 is 24.9 Å². The number of aryl methyl sites for hydroxylation is 1. The standard InChI is InChI=1S/C40H45N5O6Si/c1-27-37(52(4,5)32-18-16-31(49-2)17-19-32)35(20-23-43-26-29(21-24-46)41-42-43)51-40(27)33-9-6-7-10-34(33)45(39(40)48)25-28-12-14-30(15-13-28)44-22-8-11-36(50-3)38(44)47/h6-19,22,26-27,35,37,46H,20-21,23-25H2,1-5H3/t27-,35+,37-,40+/m1/s1. The molecule has 0 aliphatic carbocycles. The Morgan fingerprint density at radius 1 is 0.942 bits per heavy atom. The first-order valence-corrected chi connectivity index (χ1v) is 20.8. The summed E-state index contributed by atoms with van der Waals surface area (Å²) in [6, 6.07) is 27.5. The summed E-state index contributed by atoms with van der Waals surface area (Å²) in [5.41, 5.74) is 2.79. The van der Waals surface area contributed by atoms with Crippen LogP contribution in [0.4, 0.5) is 5.69 Å². The van der Waals surface area contributed by atoms with E-state index in [-0.39, 0.29) is 41.4 Å². The van der Waals surface area contributed by atoms with E-state index >= 15 is 4.79 Å². The number of carbonyl (C=O) groups excluding carboxylic acids is 1. The molecule has 1 saturated heterocycles. The predicted molar refractivity (Wildman–Crippen MR) is 201 cm³/mol. The van der Waals surface area contributed by atoms with Crippen molar-refractivity contribution in [2.24, 2.45) is 5.92 Å². The van der Waals surface area contributed by atoms with Gasteiger partial charge in [-0.2, -0.15) is 0 Å². The Balaban J connectivity index is 1.23. The maximum absolute atomic E-state index is 15.1. The SMILES string of the molecule is COc1ccc([Si](C)(C)[C@H]2[C@H](CCn3cc(CCO)nn3)O[C@@]3(C(=O)N(Cc4ccc(-n5cccc(OC)c5=O)cc4)c4ccccc43)[C@@H]2C)cc1. The lowest BCUT2D eigenvalue weighted by molar-refractivity contribution is -0.146. The molecule has 0 saturated carbocycles. The number of methoxy groups -OCH3 is 2. The molecule has 0 unspecified atom stereocenters. The lowest BCUT2D eigenvalue weighted by Gasteiger charge is -2.37. The second-order valence-electron chi connectivity index (χ2n) is 14.2. The fourth-order valence-electron chi connectivity index (χ4n) is 8.41. The number of aromatic nitrogens is 4. The van der Waals surface area contributed by atoms with Gasteiger partial charge in [0.2, 0.25) is 0 Å². The van der Waals surface area contributed by atoms with E-state index in [4.69, 9.17) is 14.2 Å². The lowest BCUT2D eigenvalue weighted by atomic mass is 9.82. The van der Waals surface area contributed by atoms with E-state index in [1.807, 2.05) is 76.4 Å². The van der Waals surface area contributed by atoms with Crippen molar-refractivity contribution in [2.75, 3.05) is 25.7 Å². The van der Waals surface area contributed by atoms with Gasteiger partial charge in [-0.05, 0) is 60.0 Å². The molecule has 1 N–H and O–H groups in total. The number of hydrogen-bond acceptors (Lipinski definition) is 8. The van der Waals surface area contributed by atoms with Gasteiger partial charge in [0.25, 0.3) is 11.5 Å². The Morgan fingerprint density at radius 3 is 2.40 bits per heavy atom. The van der Waals surface area contributed by atoms with E-state index in [1.165, 1.54) is 12.3 Å². The number of pyridine rings is 1. The number of anilines is 1. The number of aliphatic hydroxyl groups excluding tert-OH is 1. The summed E-state index contributed by atoms with van der Waals surface area (Å²) in [5.74, 6) is 0.876. The normalized spacial score (nSPS) is 21.2. The van der Waals surface area contributed by atoms with Crippen molar-refractivity contribution in [3.8, 4) is 17.2 Å². The molecule has 270 valence electrons. The number of fused-ring (bicyclic) bond motifs is 2. The van der Waals surface area contributed by atoms with Crippen LogP contribution >= 0.6 is 0 Å². The largest absolute Gasteiger partial charge is 0.497 e. The molecule has 7 rings (SSSR count). The summed E-state index contributed by atoms with van der Waals surface area (Å²) in [4.78, 5) is 29.8. The summed E-state index contributed by atoms with van der Waals surface area (Å²) in [7, 11) is 0.843. The smallest absolute Gasteiger partial charge is 0.297 e. The number of hydrogen-bond donors (Lipinski definition) is 1. The first-order chi connectivity index (χ1) is 25.1. The van der Waals surface area contributed by atoms with E-state index in [2.05, 4.69) is 42.5 Å². The maximum atomic E-state index is 15.1. The molecule has 5 aromatic rings. The van der Waals surface area contributed by atoms with Crippen LogP contribution in [0.15, 0.2) is 102 Å². The maximum Gasteiger partial charge on any atom is 0.297 e. The topological polar surface area (TPSA) is 121 Å². The average molecular weight is 720 g/mol. The number of nitrogens with zero attached hydrogens (tertiary/aromatic N) is 5. The average Bonchev–Trinajstić information content (AvgIpc) is 3.81. The quantitative estimate of drug-likeness (QED) is 0.182. The number of benzene rings is 3. The zero-order chi connectivity index (χ0) is 36.6. The van der Waals surface area contributed by atoms with Crippen molar-refractivity contribution in [1.82, 2.24) is 19.6 Å². The molecule has 2 aromatic heterocycles. The molecular weight excluding hydrogens is 675 g/mol. The van der Waals surface area contributed by atoms with Crippen LogP contribution in [0.25, 0.3) is 5.69 Å². The van der Waals surface area contributed by atoms with Gasteiger partial charge in [-0.1, -0.05) is 72.9 Å². The number of carbonyl (C=O) groups is 1. The van der Waals surface area contributed by atoms with E-state index in [9.17, 15) is 9.90 Å². The molecule has 1 amide bonds. The summed E-state index contributed by atoms with van der Waals surface area (Å²) < 4.78 is 21.3. The van der Waals surface area contributed by atoms with Crippen LogP contribution in [0.3, 0.4) is 0 Å². The van der Waals surface area contributed by atoms with Crippen LogP contribution < -0.4 is 25.1 Å². The van der Waals surface area contributed by atoms with Gasteiger partial charge < -0.3 is 24.2 Å². The molecule has 1 spiro atoms. The van der Waals surface area contributed by atoms with Gasteiger partial charge >= 0.3 is 0 Å². The Bertz CT molecular complexity index is 2110. The second kappa shape index (κ2) is 14.2. The highest BCUT2D eigenvalue weighted by Gasteiger charge is 2.66. The van der Waals surface area contributed by atoms with E-state index in [0.717, 1.165) is 28.3 Å². The Hall–Kier alpha value is -5.04. The fourth-order valence-corrected chi connectivity index (χ4v) is 12.5. The number of rotatable bonds is 12. The highest BCUT2D eigenvalue weighted by Crippen LogP contribution is 2.60. The third-order valence-electron chi connectivity index (χ3n) is 11.0. The number of amides is 1. The van der Waals surface area contributed by atoms with Crippen LogP contribution in [-0.4, -0.2) is 65.6 Å². The second-order valence-corrected chi connectivity index (χ2v) is 18.9. The first-order valence-electron chi connectivity index (χ1n) is 17.7. The Kier molecular flexibility index (Phi) is 9.64. The van der Waals surface area contributed by atoms with Crippen LogP contribution in [-0.2, 0) is 34.6 Å². The highest BCUT2D eigenvalue weighted by atomic mass is 28.3. The summed E-state index contributed by atoms with van der Waals surface area (Å²) >= 11 is 0. The third kappa shape index (κ3) is 6.04. The molecule has 1 fully saturated rings. The van der Waals surface area contributed by atoms with E-state index in [0.29, 0.717) is 31.6 Å². The van der Waals surface area contributed by atoms with Crippen LogP contribution in [0.1, 0.15) is 30.2 Å². The van der Waals surface area contributed by atoms with Crippen molar-refractivity contribution in [2.45, 2.75) is 63.2 Å². The Morgan fingerprint density at radius 2 is 1.69 bits per heavy atom. The minimum atomic E-state index is -2.31. The molecule has 2 aliphatic rings. The third-order valence-corrected chi connectivity index (χ3v) is 15.4. The van der Waals surface area contributed by atoms with Crippen molar-refractivity contribution < 1.29 is 24.1 Å². The molecule has 2 aliphatic heterocycles. The van der Waals surface area contributed by atoms with Crippen LogP contribution in [0.5, 0.6) is 11.5 Å².